The normalized spacial score (nSPS) is 12.9. The largest absolute Gasteiger partial charge is 0.417 e. The average Bonchev–Trinajstić information content (AvgIpc) is 2.12. The molecule has 17 heavy (non-hydrogen) atoms. The lowest BCUT2D eigenvalue weighted by Crippen LogP contribution is -2.14. The van der Waals surface area contributed by atoms with E-state index in [1.165, 1.54) is 0 Å². The molecule has 96 valence electrons. The van der Waals surface area contributed by atoms with Gasteiger partial charge in [0.15, 0.2) is 0 Å². The molecule has 8 heteroatoms. The van der Waals surface area contributed by atoms with Crippen LogP contribution in [0.4, 0.5) is 26.3 Å². The summed E-state index contributed by atoms with van der Waals surface area (Å²) in [6.45, 7) is -1.13. The molecule has 0 aliphatic rings. The average molecular weight is 323 g/mol. The summed E-state index contributed by atoms with van der Waals surface area (Å²) in [6.07, 6.45) is -9.60. The maximum Gasteiger partial charge on any atom is 0.417 e. The van der Waals surface area contributed by atoms with Crippen molar-refractivity contribution < 1.29 is 31.4 Å². The number of hydrogen-bond donors (Lipinski definition) is 1. The van der Waals surface area contributed by atoms with Gasteiger partial charge in [-0.15, -0.1) is 0 Å². The van der Waals surface area contributed by atoms with Crippen molar-refractivity contribution in [2.75, 3.05) is 0 Å². The first-order chi connectivity index (χ1) is 7.57. The first kappa shape index (κ1) is 14.3. The van der Waals surface area contributed by atoms with Crippen LogP contribution in [0, 0.1) is 0 Å². The molecule has 0 atom stereocenters. The van der Waals surface area contributed by atoms with Crippen molar-refractivity contribution in [2.24, 2.45) is 0 Å². The Bertz CT molecular complexity index is 423. The Hall–Kier alpha value is -0.760. The van der Waals surface area contributed by atoms with E-state index in [1.54, 1.807) is 0 Å². The smallest absolute Gasteiger partial charge is 0.392 e. The zero-order chi connectivity index (χ0) is 13.4. The van der Waals surface area contributed by atoms with Crippen LogP contribution in [0.25, 0.3) is 0 Å². The van der Waals surface area contributed by atoms with Gasteiger partial charge in [-0.25, -0.2) is 0 Å². The van der Waals surface area contributed by atoms with Gasteiger partial charge in [0.2, 0.25) is 0 Å². The van der Waals surface area contributed by atoms with Crippen molar-refractivity contribution in [3.63, 3.8) is 0 Å². The van der Waals surface area contributed by atoms with E-state index in [0.29, 0.717) is 6.07 Å². The molecule has 0 aliphatic carbocycles. The third-order valence-corrected chi connectivity index (χ3v) is 2.58. The van der Waals surface area contributed by atoms with Gasteiger partial charge >= 0.3 is 12.4 Å². The Balaban J connectivity index is 3.47. The maximum absolute atomic E-state index is 12.5. The van der Waals surface area contributed by atoms with Crippen LogP contribution in [0.1, 0.15) is 16.7 Å². The quantitative estimate of drug-likeness (QED) is 0.775. The number of halogens is 7. The van der Waals surface area contributed by atoms with E-state index in [-0.39, 0.29) is 6.07 Å². The summed E-state index contributed by atoms with van der Waals surface area (Å²) in [5.41, 5.74) is -3.37. The first-order valence-corrected chi connectivity index (χ1v) is 4.94. The van der Waals surface area contributed by atoms with Gasteiger partial charge in [0.05, 0.1) is 17.7 Å². The molecule has 0 fully saturated rings. The van der Waals surface area contributed by atoms with Gasteiger partial charge in [0.25, 0.3) is 0 Å². The molecule has 1 nitrogen and oxygen atoms in total. The zero-order valence-electron chi connectivity index (χ0n) is 7.95. The van der Waals surface area contributed by atoms with Crippen LogP contribution in [0.2, 0.25) is 0 Å². The second-order valence-electron chi connectivity index (χ2n) is 3.15. The van der Waals surface area contributed by atoms with Crippen molar-refractivity contribution in [1.82, 2.24) is 0 Å². The van der Waals surface area contributed by atoms with Crippen LogP contribution in [0.3, 0.4) is 0 Å². The van der Waals surface area contributed by atoms with E-state index in [1.807, 2.05) is 0 Å². The minimum absolute atomic E-state index is 0.285. The standard InChI is InChI=1S/C9H5BrF6O/c10-6-2-5(8(11,12)13)1-4(3-17)7(6)9(14,15)16/h1-2,17H,3H2. The monoisotopic (exact) mass is 322 g/mol. The van der Waals surface area contributed by atoms with Gasteiger partial charge in [-0.2, -0.15) is 26.3 Å². The van der Waals surface area contributed by atoms with Gasteiger partial charge < -0.3 is 5.11 Å². The van der Waals surface area contributed by atoms with Gasteiger partial charge in [0.1, 0.15) is 0 Å². The summed E-state index contributed by atoms with van der Waals surface area (Å²) in [5.74, 6) is 0. The molecular formula is C9H5BrF6O. The second kappa shape index (κ2) is 4.49. The lowest BCUT2D eigenvalue weighted by molar-refractivity contribution is -0.142. The molecule has 0 heterocycles. The number of rotatable bonds is 1. The van der Waals surface area contributed by atoms with Gasteiger partial charge in [-0.1, -0.05) is 15.9 Å². The molecule has 1 rings (SSSR count). The van der Waals surface area contributed by atoms with Crippen molar-refractivity contribution in [1.29, 1.82) is 0 Å². The molecule has 0 amide bonds. The number of alkyl halides is 6. The predicted molar refractivity (Wildman–Crippen MR) is 50.1 cm³/mol. The Morgan fingerprint density at radius 3 is 1.88 bits per heavy atom. The van der Waals surface area contributed by atoms with Crippen molar-refractivity contribution in [2.45, 2.75) is 19.0 Å². The van der Waals surface area contributed by atoms with E-state index in [2.05, 4.69) is 15.9 Å². The minimum Gasteiger partial charge on any atom is -0.392 e. The Morgan fingerprint density at radius 2 is 1.53 bits per heavy atom. The van der Waals surface area contributed by atoms with Gasteiger partial charge in [-0.3, -0.25) is 0 Å². The molecule has 0 aromatic heterocycles. The van der Waals surface area contributed by atoms with Gasteiger partial charge in [-0.05, 0) is 17.7 Å². The molecular weight excluding hydrogens is 318 g/mol. The Labute approximate surface area is 100 Å². The van der Waals surface area contributed by atoms with E-state index in [0.717, 1.165) is 0 Å². The highest BCUT2D eigenvalue weighted by Gasteiger charge is 2.39. The van der Waals surface area contributed by atoms with Crippen LogP contribution in [0.5, 0.6) is 0 Å². The second-order valence-corrected chi connectivity index (χ2v) is 4.00. The van der Waals surface area contributed by atoms with Crippen molar-refractivity contribution >= 4 is 15.9 Å². The molecule has 0 bridgehead atoms. The fourth-order valence-corrected chi connectivity index (χ4v) is 2.00. The van der Waals surface area contributed by atoms with Crippen molar-refractivity contribution in [3.8, 4) is 0 Å². The van der Waals surface area contributed by atoms with E-state index >= 15 is 0 Å². The van der Waals surface area contributed by atoms with Gasteiger partial charge in [0, 0.05) is 4.47 Å². The summed E-state index contributed by atoms with van der Waals surface area (Å²) >= 11 is 2.44. The summed E-state index contributed by atoms with van der Waals surface area (Å²) in [7, 11) is 0. The van der Waals surface area contributed by atoms with E-state index < -0.39 is 40.1 Å². The number of aliphatic hydroxyl groups is 1. The topological polar surface area (TPSA) is 20.2 Å². The van der Waals surface area contributed by atoms with Crippen LogP contribution in [-0.2, 0) is 19.0 Å². The summed E-state index contributed by atoms with van der Waals surface area (Å²) < 4.78 is 73.7. The molecule has 0 unspecified atom stereocenters. The minimum atomic E-state index is -4.83. The van der Waals surface area contributed by atoms with E-state index in [9.17, 15) is 26.3 Å². The van der Waals surface area contributed by atoms with Crippen LogP contribution < -0.4 is 0 Å². The van der Waals surface area contributed by atoms with Crippen LogP contribution in [-0.4, -0.2) is 5.11 Å². The Kier molecular flexibility index (Phi) is 3.78. The van der Waals surface area contributed by atoms with Crippen molar-refractivity contribution in [3.05, 3.63) is 33.3 Å². The fraction of sp³-hybridized carbons (Fsp3) is 0.333. The summed E-state index contributed by atoms with van der Waals surface area (Å²) in [5, 5.41) is 8.71. The molecule has 0 radical (unpaired) electrons. The third kappa shape index (κ3) is 3.12. The molecule has 0 spiro atoms. The van der Waals surface area contributed by atoms with E-state index in [4.69, 9.17) is 5.11 Å². The number of aliphatic hydroxyl groups excluding tert-OH is 1. The number of benzene rings is 1. The summed E-state index contributed by atoms with van der Waals surface area (Å²) in [6, 6.07) is 0.621. The molecule has 0 saturated carbocycles. The molecule has 0 saturated heterocycles. The summed E-state index contributed by atoms with van der Waals surface area (Å²) in [4.78, 5) is 0. The fourth-order valence-electron chi connectivity index (χ4n) is 1.27. The molecule has 1 aromatic rings. The highest BCUT2D eigenvalue weighted by molar-refractivity contribution is 9.10. The highest BCUT2D eigenvalue weighted by atomic mass is 79.9. The highest BCUT2D eigenvalue weighted by Crippen LogP contribution is 2.41. The maximum atomic E-state index is 12.5. The van der Waals surface area contributed by atoms with Crippen LogP contribution >= 0.6 is 15.9 Å². The predicted octanol–water partition coefficient (Wildman–Crippen LogP) is 3.98. The zero-order valence-corrected chi connectivity index (χ0v) is 9.54. The molecule has 1 N–H and O–H groups in total. The lowest BCUT2D eigenvalue weighted by atomic mass is 10.0. The Morgan fingerprint density at radius 1 is 1.00 bits per heavy atom. The first-order valence-electron chi connectivity index (χ1n) is 4.15. The third-order valence-electron chi connectivity index (χ3n) is 1.95. The SMILES string of the molecule is OCc1cc(C(F)(F)F)cc(Br)c1C(F)(F)F. The molecule has 0 aliphatic heterocycles. The number of hydrogen-bond acceptors (Lipinski definition) is 1. The van der Waals surface area contributed by atoms with Crippen LogP contribution in [0.15, 0.2) is 16.6 Å². The molecule has 1 aromatic carbocycles. The lowest BCUT2D eigenvalue weighted by Gasteiger charge is -2.16.